The third kappa shape index (κ3) is 3.50. The number of aromatic amines is 1. The highest BCUT2D eigenvalue weighted by Crippen LogP contribution is 2.16. The van der Waals surface area contributed by atoms with Crippen LogP contribution in [0.25, 0.3) is 11.0 Å². The Morgan fingerprint density at radius 3 is 2.90 bits per heavy atom. The van der Waals surface area contributed by atoms with Gasteiger partial charge in [0, 0.05) is 26.0 Å². The van der Waals surface area contributed by atoms with Crippen LogP contribution in [-0.4, -0.2) is 40.2 Å². The van der Waals surface area contributed by atoms with Crippen molar-refractivity contribution < 1.29 is 9.53 Å². The summed E-state index contributed by atoms with van der Waals surface area (Å²) in [6.07, 6.45) is 4.16. The molecule has 0 aliphatic heterocycles. The summed E-state index contributed by atoms with van der Waals surface area (Å²) in [5.74, 6) is 0. The quantitative estimate of drug-likeness (QED) is 0.936. The van der Waals surface area contributed by atoms with Gasteiger partial charge in [0.15, 0.2) is 0 Å². The fraction of sp³-hybridized carbons (Fsp3) is 0.467. The number of amides is 1. The van der Waals surface area contributed by atoms with Crippen LogP contribution in [0.4, 0.5) is 4.79 Å². The molecule has 0 bridgehead atoms. The van der Waals surface area contributed by atoms with Crippen molar-refractivity contribution in [3.05, 3.63) is 30.1 Å². The average Bonchev–Trinajstić information content (AvgIpc) is 2.77. The van der Waals surface area contributed by atoms with E-state index in [0.717, 1.165) is 23.0 Å². The lowest BCUT2D eigenvalue weighted by atomic mass is 10.2. The van der Waals surface area contributed by atoms with Crippen molar-refractivity contribution in [3.8, 4) is 0 Å². The molecule has 0 spiro atoms. The summed E-state index contributed by atoms with van der Waals surface area (Å²) in [5, 5.41) is 0. The number of pyridine rings is 1. The summed E-state index contributed by atoms with van der Waals surface area (Å²) in [5.41, 5.74) is 2.62. The highest BCUT2D eigenvalue weighted by Gasteiger charge is 2.19. The summed E-state index contributed by atoms with van der Waals surface area (Å²) in [4.78, 5) is 21.0. The molecule has 5 heteroatoms. The zero-order valence-electron chi connectivity index (χ0n) is 12.4. The summed E-state index contributed by atoms with van der Waals surface area (Å²) < 4.78 is 5.32. The smallest absolute Gasteiger partial charge is 0.410 e. The van der Waals surface area contributed by atoms with E-state index in [-0.39, 0.29) is 6.09 Å². The first kappa shape index (κ1) is 14.4. The molecular formula is C15H21N3O2. The van der Waals surface area contributed by atoms with Gasteiger partial charge in [-0.05, 0) is 44.9 Å². The molecule has 108 valence electrons. The molecule has 0 fully saturated rings. The van der Waals surface area contributed by atoms with E-state index in [1.54, 1.807) is 18.1 Å². The molecule has 0 aromatic carbocycles. The number of carbonyl (C=O) groups is 1. The molecule has 2 aromatic heterocycles. The van der Waals surface area contributed by atoms with E-state index < -0.39 is 5.60 Å². The number of carbonyl (C=O) groups excluding carboxylic acids is 1. The highest BCUT2D eigenvalue weighted by atomic mass is 16.6. The van der Waals surface area contributed by atoms with E-state index in [1.165, 1.54) is 0 Å². The highest BCUT2D eigenvalue weighted by molar-refractivity contribution is 5.78. The van der Waals surface area contributed by atoms with Crippen molar-refractivity contribution in [2.75, 3.05) is 13.6 Å². The van der Waals surface area contributed by atoms with E-state index in [9.17, 15) is 4.79 Å². The molecule has 1 amide bonds. The molecule has 0 aliphatic carbocycles. The molecule has 0 saturated carbocycles. The number of rotatable bonds is 3. The van der Waals surface area contributed by atoms with Crippen LogP contribution in [0.5, 0.6) is 0 Å². The maximum Gasteiger partial charge on any atom is 0.410 e. The van der Waals surface area contributed by atoms with Gasteiger partial charge in [0.1, 0.15) is 5.60 Å². The summed E-state index contributed by atoms with van der Waals surface area (Å²) in [6, 6.07) is 3.89. The Morgan fingerprint density at radius 1 is 1.45 bits per heavy atom. The van der Waals surface area contributed by atoms with Gasteiger partial charge in [0.05, 0.1) is 11.0 Å². The molecule has 2 aromatic rings. The van der Waals surface area contributed by atoms with Gasteiger partial charge in [-0.3, -0.25) is 4.98 Å². The van der Waals surface area contributed by atoms with Crippen molar-refractivity contribution >= 4 is 17.1 Å². The number of ether oxygens (including phenoxy) is 1. The third-order valence-electron chi connectivity index (χ3n) is 2.94. The van der Waals surface area contributed by atoms with Gasteiger partial charge in [-0.1, -0.05) is 0 Å². The SMILES string of the molecule is CN(CCc1c[nH]c2cccnc12)C(=O)OC(C)(C)C. The molecule has 2 rings (SSSR count). The molecular weight excluding hydrogens is 254 g/mol. The first-order chi connectivity index (χ1) is 9.37. The predicted molar refractivity (Wildman–Crippen MR) is 78.7 cm³/mol. The number of likely N-dealkylation sites (N-methyl/N-ethyl adjacent to an activating group) is 1. The van der Waals surface area contributed by atoms with Crippen molar-refractivity contribution in [1.82, 2.24) is 14.9 Å². The maximum absolute atomic E-state index is 11.9. The van der Waals surface area contributed by atoms with Crippen molar-refractivity contribution in [2.24, 2.45) is 0 Å². The van der Waals surface area contributed by atoms with E-state index in [0.29, 0.717) is 6.54 Å². The molecule has 0 aliphatic rings. The second-order valence-corrected chi connectivity index (χ2v) is 5.87. The second-order valence-electron chi connectivity index (χ2n) is 5.87. The number of hydrogen-bond donors (Lipinski definition) is 1. The standard InChI is InChI=1S/C15H21N3O2/c1-15(2,3)20-14(19)18(4)9-7-11-10-17-12-6-5-8-16-13(11)12/h5-6,8,10,17H,7,9H2,1-4H3. The Morgan fingerprint density at radius 2 is 2.20 bits per heavy atom. The Balaban J connectivity index is 1.96. The van der Waals surface area contributed by atoms with Crippen LogP contribution in [0.15, 0.2) is 24.5 Å². The zero-order valence-corrected chi connectivity index (χ0v) is 12.4. The van der Waals surface area contributed by atoms with E-state index in [4.69, 9.17) is 4.74 Å². The monoisotopic (exact) mass is 275 g/mol. The number of fused-ring (bicyclic) bond motifs is 1. The molecule has 0 radical (unpaired) electrons. The Hall–Kier alpha value is -2.04. The van der Waals surface area contributed by atoms with Crippen LogP contribution in [0.2, 0.25) is 0 Å². The fourth-order valence-corrected chi connectivity index (χ4v) is 1.92. The van der Waals surface area contributed by atoms with Crippen LogP contribution < -0.4 is 0 Å². The van der Waals surface area contributed by atoms with Gasteiger partial charge < -0.3 is 14.6 Å². The molecule has 0 saturated heterocycles. The van der Waals surface area contributed by atoms with E-state index in [2.05, 4.69) is 9.97 Å². The molecule has 0 atom stereocenters. The first-order valence-corrected chi connectivity index (χ1v) is 6.72. The van der Waals surface area contributed by atoms with Gasteiger partial charge in [-0.25, -0.2) is 4.79 Å². The first-order valence-electron chi connectivity index (χ1n) is 6.72. The minimum absolute atomic E-state index is 0.301. The van der Waals surface area contributed by atoms with Crippen molar-refractivity contribution in [2.45, 2.75) is 32.8 Å². The van der Waals surface area contributed by atoms with Crippen molar-refractivity contribution in [1.29, 1.82) is 0 Å². The van der Waals surface area contributed by atoms with Gasteiger partial charge in [-0.2, -0.15) is 0 Å². The average molecular weight is 275 g/mol. The predicted octanol–water partition coefficient (Wildman–Crippen LogP) is 2.97. The Labute approximate surface area is 118 Å². The van der Waals surface area contributed by atoms with Gasteiger partial charge in [0.2, 0.25) is 0 Å². The molecule has 20 heavy (non-hydrogen) atoms. The largest absolute Gasteiger partial charge is 0.444 e. The summed E-state index contributed by atoms with van der Waals surface area (Å²) in [6.45, 7) is 6.19. The number of nitrogens with zero attached hydrogens (tertiary/aromatic N) is 2. The Kier molecular flexibility index (Phi) is 3.97. The van der Waals surface area contributed by atoms with Gasteiger partial charge >= 0.3 is 6.09 Å². The maximum atomic E-state index is 11.9. The number of aromatic nitrogens is 2. The Bertz CT molecular complexity index is 598. The topological polar surface area (TPSA) is 58.2 Å². The van der Waals surface area contributed by atoms with Crippen LogP contribution in [0, 0.1) is 0 Å². The molecule has 2 heterocycles. The normalized spacial score (nSPS) is 11.6. The van der Waals surface area contributed by atoms with Crippen LogP contribution in [0.1, 0.15) is 26.3 Å². The minimum atomic E-state index is -0.465. The van der Waals surface area contributed by atoms with E-state index >= 15 is 0 Å². The second kappa shape index (κ2) is 5.53. The molecule has 0 unspecified atom stereocenters. The zero-order chi connectivity index (χ0) is 14.8. The van der Waals surface area contributed by atoms with Gasteiger partial charge in [0.25, 0.3) is 0 Å². The molecule has 1 N–H and O–H groups in total. The van der Waals surface area contributed by atoms with Crippen LogP contribution >= 0.6 is 0 Å². The third-order valence-corrected chi connectivity index (χ3v) is 2.94. The van der Waals surface area contributed by atoms with Crippen LogP contribution in [0.3, 0.4) is 0 Å². The van der Waals surface area contributed by atoms with Crippen molar-refractivity contribution in [3.63, 3.8) is 0 Å². The minimum Gasteiger partial charge on any atom is -0.444 e. The lowest BCUT2D eigenvalue weighted by Crippen LogP contribution is -2.35. The van der Waals surface area contributed by atoms with Crippen LogP contribution in [-0.2, 0) is 11.2 Å². The van der Waals surface area contributed by atoms with Gasteiger partial charge in [-0.15, -0.1) is 0 Å². The lowest BCUT2D eigenvalue weighted by molar-refractivity contribution is 0.0301. The number of hydrogen-bond acceptors (Lipinski definition) is 3. The lowest BCUT2D eigenvalue weighted by Gasteiger charge is -2.24. The summed E-state index contributed by atoms with van der Waals surface area (Å²) >= 11 is 0. The molecule has 5 nitrogen and oxygen atoms in total. The number of nitrogens with one attached hydrogen (secondary N) is 1. The summed E-state index contributed by atoms with van der Waals surface area (Å²) in [7, 11) is 1.75. The number of H-pyrrole nitrogens is 1. The van der Waals surface area contributed by atoms with E-state index in [1.807, 2.05) is 39.1 Å². The fourth-order valence-electron chi connectivity index (χ4n) is 1.92.